The Morgan fingerprint density at radius 3 is 2.47 bits per heavy atom. The third-order valence-electron chi connectivity index (χ3n) is 2.56. The van der Waals surface area contributed by atoms with Crippen LogP contribution >= 0.6 is 0 Å². The summed E-state index contributed by atoms with van der Waals surface area (Å²) in [5, 5.41) is 0. The van der Waals surface area contributed by atoms with Gasteiger partial charge in [-0.25, -0.2) is 0 Å². The van der Waals surface area contributed by atoms with Crippen molar-refractivity contribution in [3.05, 3.63) is 35.4 Å². The zero-order valence-electron chi connectivity index (χ0n) is 9.95. The Morgan fingerprint density at radius 2 is 2.00 bits per heavy atom. The van der Waals surface area contributed by atoms with Crippen molar-refractivity contribution in [2.24, 2.45) is 5.92 Å². The summed E-state index contributed by atoms with van der Waals surface area (Å²) in [6.07, 6.45) is 0. The Balaban J connectivity index is 2.93. The summed E-state index contributed by atoms with van der Waals surface area (Å²) in [4.78, 5) is 11.2. The van der Waals surface area contributed by atoms with Crippen molar-refractivity contribution in [2.75, 3.05) is 0 Å². The highest BCUT2D eigenvalue weighted by Gasteiger charge is 2.19. The van der Waals surface area contributed by atoms with E-state index in [-0.39, 0.29) is 11.5 Å². The molecule has 1 aromatic rings. The first-order valence-electron chi connectivity index (χ1n) is 5.42. The van der Waals surface area contributed by atoms with E-state index in [0.717, 1.165) is 0 Å². The summed E-state index contributed by atoms with van der Waals surface area (Å²) < 4.78 is 0. The molecule has 15 heavy (non-hydrogen) atoms. The van der Waals surface area contributed by atoms with Gasteiger partial charge in [-0.05, 0) is 25.6 Å². The highest BCUT2D eigenvalue weighted by atomic mass is 16.1. The van der Waals surface area contributed by atoms with Gasteiger partial charge in [0.25, 0.3) is 0 Å². The number of aryl methyl sites for hydroxylation is 1. The van der Waals surface area contributed by atoms with Crippen LogP contribution < -0.4 is 0 Å². The van der Waals surface area contributed by atoms with E-state index >= 15 is 0 Å². The monoisotopic (exact) mass is 201 g/mol. The normalized spacial score (nSPS) is 12.6. The molecule has 2 heteroatoms. The van der Waals surface area contributed by atoms with E-state index < -0.39 is 0 Å². The molecule has 0 bridgehead atoms. The molecule has 0 aliphatic carbocycles. The van der Waals surface area contributed by atoms with E-state index in [0.29, 0.717) is 5.92 Å². The van der Waals surface area contributed by atoms with E-state index in [4.69, 9.17) is 0 Å². The fourth-order valence-corrected chi connectivity index (χ4v) is 1.80. The summed E-state index contributed by atoms with van der Waals surface area (Å²) in [6.45, 7) is 7.98. The maximum atomic E-state index is 11.2. The maximum Gasteiger partial charge on any atom is 0.210 e. The molecule has 1 radical (unpaired) electrons. The molecule has 1 aromatic carbocycles. The van der Waals surface area contributed by atoms with Crippen molar-refractivity contribution in [1.29, 1.82) is 0 Å². The maximum absolute atomic E-state index is 11.2. The number of rotatable bonds is 4. The van der Waals surface area contributed by atoms with Crippen LogP contribution in [0, 0.1) is 12.8 Å². The summed E-state index contributed by atoms with van der Waals surface area (Å²) in [7, 11) is 1.82. The van der Waals surface area contributed by atoms with Gasteiger partial charge in [0.1, 0.15) is 0 Å². The van der Waals surface area contributed by atoms with Crippen LogP contribution in [0.1, 0.15) is 37.7 Å². The molecule has 1 nitrogen and oxygen atoms in total. The second-order valence-electron chi connectivity index (χ2n) is 4.46. The Kier molecular flexibility index (Phi) is 4.13. The van der Waals surface area contributed by atoms with Gasteiger partial charge in [-0.2, -0.15) is 0 Å². The van der Waals surface area contributed by atoms with E-state index in [9.17, 15) is 4.79 Å². The van der Waals surface area contributed by atoms with Crippen LogP contribution in [0.5, 0.6) is 0 Å². The predicted octanol–water partition coefficient (Wildman–Crippen LogP) is 2.94. The Labute approximate surface area is 93.1 Å². The van der Waals surface area contributed by atoms with Gasteiger partial charge < -0.3 is 4.79 Å². The molecule has 1 unspecified atom stereocenters. The van der Waals surface area contributed by atoms with Crippen LogP contribution in [0.2, 0.25) is 0 Å². The highest BCUT2D eigenvalue weighted by molar-refractivity contribution is 6.74. The molecule has 0 amide bonds. The fraction of sp³-hybridized carbons (Fsp3) is 0.462. The molecule has 0 aliphatic rings. The van der Waals surface area contributed by atoms with Crippen LogP contribution in [-0.2, 0) is 4.79 Å². The Hall–Kier alpha value is -1.05. The third kappa shape index (κ3) is 3.54. The van der Waals surface area contributed by atoms with Crippen molar-refractivity contribution in [2.45, 2.75) is 33.5 Å². The van der Waals surface area contributed by atoms with Crippen molar-refractivity contribution >= 4 is 13.0 Å². The van der Waals surface area contributed by atoms with Crippen molar-refractivity contribution in [3.8, 4) is 0 Å². The summed E-state index contributed by atoms with van der Waals surface area (Å²) in [6, 6.07) is 8.38. The first-order valence-corrected chi connectivity index (χ1v) is 5.42. The van der Waals surface area contributed by atoms with Crippen LogP contribution in [0.4, 0.5) is 0 Å². The van der Waals surface area contributed by atoms with Crippen LogP contribution in [0.25, 0.3) is 0 Å². The van der Waals surface area contributed by atoms with Crippen LogP contribution in [-0.4, -0.2) is 13.0 Å². The van der Waals surface area contributed by atoms with Gasteiger partial charge in [0.15, 0.2) is 0 Å². The number of benzene rings is 1. The lowest BCUT2D eigenvalue weighted by Gasteiger charge is -2.19. The molecule has 0 aromatic heterocycles. The molecule has 0 fully saturated rings. The minimum Gasteiger partial charge on any atom is -0.312 e. The topological polar surface area (TPSA) is 17.1 Å². The average Bonchev–Trinajstić information content (AvgIpc) is 2.13. The standard InChI is InChI=1S/C13H18BO/c1-9(2)13(14-11(4)15)12-7-5-6-10(3)8-12/h5-9,13H,1-4H3. The Morgan fingerprint density at radius 1 is 1.33 bits per heavy atom. The second kappa shape index (κ2) is 5.15. The minimum absolute atomic E-state index is 0.148. The first-order chi connectivity index (χ1) is 7.00. The third-order valence-corrected chi connectivity index (χ3v) is 2.56. The number of carbonyl (C=O) groups excluding carboxylic acids is 1. The van der Waals surface area contributed by atoms with Crippen molar-refractivity contribution < 1.29 is 4.79 Å². The smallest absolute Gasteiger partial charge is 0.210 e. The molecule has 0 saturated carbocycles. The predicted molar refractivity (Wildman–Crippen MR) is 65.2 cm³/mol. The number of carbonyl (C=O) groups is 1. The lowest BCUT2D eigenvalue weighted by Crippen LogP contribution is -2.20. The Bertz CT molecular complexity index is 344. The zero-order valence-corrected chi connectivity index (χ0v) is 9.95. The van der Waals surface area contributed by atoms with Crippen molar-refractivity contribution in [3.63, 3.8) is 0 Å². The van der Waals surface area contributed by atoms with Gasteiger partial charge in [-0.3, -0.25) is 0 Å². The summed E-state index contributed by atoms with van der Waals surface area (Å²) >= 11 is 0. The first kappa shape index (κ1) is 12.0. The molecular weight excluding hydrogens is 183 g/mol. The van der Waals surface area contributed by atoms with Crippen molar-refractivity contribution in [1.82, 2.24) is 0 Å². The summed E-state index contributed by atoms with van der Waals surface area (Å²) in [5.74, 6) is 0.693. The zero-order chi connectivity index (χ0) is 11.4. The minimum atomic E-state index is 0.148. The molecule has 1 rings (SSSR count). The van der Waals surface area contributed by atoms with E-state index in [1.54, 1.807) is 6.92 Å². The van der Waals surface area contributed by atoms with E-state index in [1.165, 1.54) is 11.1 Å². The average molecular weight is 201 g/mol. The molecular formula is C13H18BO. The lowest BCUT2D eigenvalue weighted by molar-refractivity contribution is -0.110. The number of hydrogen-bond acceptors (Lipinski definition) is 1. The van der Waals surface area contributed by atoms with Gasteiger partial charge in [0.2, 0.25) is 7.28 Å². The van der Waals surface area contributed by atoms with E-state index in [2.05, 4.69) is 39.0 Å². The molecule has 0 heterocycles. The molecule has 1 atom stereocenters. The molecule has 0 aliphatic heterocycles. The van der Waals surface area contributed by atoms with Gasteiger partial charge in [-0.15, -0.1) is 0 Å². The highest BCUT2D eigenvalue weighted by Crippen LogP contribution is 2.23. The molecule has 0 spiro atoms. The van der Waals surface area contributed by atoms with Gasteiger partial charge in [-0.1, -0.05) is 49.2 Å². The molecule has 0 N–H and O–H groups in total. The van der Waals surface area contributed by atoms with Crippen LogP contribution in [0.15, 0.2) is 24.3 Å². The largest absolute Gasteiger partial charge is 0.312 e. The molecule has 79 valence electrons. The van der Waals surface area contributed by atoms with Gasteiger partial charge in [0.05, 0.1) is 5.68 Å². The molecule has 0 saturated heterocycles. The van der Waals surface area contributed by atoms with Gasteiger partial charge >= 0.3 is 0 Å². The SMILES string of the molecule is CC(=O)[B]C(c1cccc(C)c1)C(C)C. The quantitative estimate of drug-likeness (QED) is 0.684. The number of hydrogen-bond donors (Lipinski definition) is 0. The van der Waals surface area contributed by atoms with E-state index in [1.807, 2.05) is 13.3 Å². The van der Waals surface area contributed by atoms with Gasteiger partial charge in [0, 0.05) is 0 Å². The van der Waals surface area contributed by atoms with Crippen LogP contribution in [0.3, 0.4) is 0 Å². The second-order valence-corrected chi connectivity index (χ2v) is 4.46. The lowest BCUT2D eigenvalue weighted by atomic mass is 9.55. The summed E-state index contributed by atoms with van der Waals surface area (Å²) in [5.41, 5.74) is 2.63. The fourth-order valence-electron chi connectivity index (χ4n) is 1.80.